The molecule has 0 spiro atoms. The molecule has 0 bridgehead atoms. The van der Waals surface area contributed by atoms with Crippen LogP contribution >= 0.6 is 11.3 Å². The van der Waals surface area contributed by atoms with Crippen molar-refractivity contribution in [3.8, 4) is 5.75 Å². The number of carbonyl (C=O) groups excluding carboxylic acids is 1. The summed E-state index contributed by atoms with van der Waals surface area (Å²) in [6, 6.07) is 8.38. The SMILES string of the molecule is COc1cccc(CC2CCCN(Cc3cnc(NC(C)=O)s3)C2)c1. The average molecular weight is 359 g/mol. The summed E-state index contributed by atoms with van der Waals surface area (Å²) in [5.41, 5.74) is 1.34. The van der Waals surface area contributed by atoms with Gasteiger partial charge in [0.2, 0.25) is 5.91 Å². The molecule has 1 saturated heterocycles. The Kier molecular flexibility index (Phi) is 6.04. The number of rotatable bonds is 6. The zero-order chi connectivity index (χ0) is 17.6. The van der Waals surface area contributed by atoms with Crippen LogP contribution in [0.15, 0.2) is 30.5 Å². The van der Waals surface area contributed by atoms with E-state index in [9.17, 15) is 4.79 Å². The first-order valence-corrected chi connectivity index (χ1v) is 9.51. The number of piperidine rings is 1. The summed E-state index contributed by atoms with van der Waals surface area (Å²) in [5, 5.41) is 3.44. The Labute approximate surface area is 153 Å². The monoisotopic (exact) mass is 359 g/mol. The maximum atomic E-state index is 11.1. The standard InChI is InChI=1S/C19H25N3O2S/c1-14(23)21-19-20-11-18(25-19)13-22-8-4-6-16(12-22)9-15-5-3-7-17(10-15)24-2/h3,5,7,10-11,16H,4,6,8-9,12-13H2,1-2H3,(H,20,21,23). The number of ether oxygens (including phenoxy) is 1. The number of hydrogen-bond donors (Lipinski definition) is 1. The number of anilines is 1. The van der Waals surface area contributed by atoms with Gasteiger partial charge >= 0.3 is 0 Å². The Bertz CT molecular complexity index is 716. The Morgan fingerprint density at radius 3 is 3.16 bits per heavy atom. The highest BCUT2D eigenvalue weighted by Gasteiger charge is 2.21. The number of aromatic nitrogens is 1. The van der Waals surface area contributed by atoms with Crippen LogP contribution in [0.25, 0.3) is 0 Å². The molecule has 3 rings (SSSR count). The lowest BCUT2D eigenvalue weighted by atomic mass is 9.91. The molecular weight excluding hydrogens is 334 g/mol. The second-order valence-corrected chi connectivity index (χ2v) is 7.73. The van der Waals surface area contributed by atoms with Crippen LogP contribution in [0.2, 0.25) is 0 Å². The van der Waals surface area contributed by atoms with E-state index in [2.05, 4.69) is 33.4 Å². The quantitative estimate of drug-likeness (QED) is 0.857. The molecule has 0 radical (unpaired) electrons. The minimum atomic E-state index is -0.0720. The molecule has 1 unspecified atom stereocenters. The van der Waals surface area contributed by atoms with Crippen molar-refractivity contribution in [2.75, 3.05) is 25.5 Å². The molecule has 1 fully saturated rings. The lowest BCUT2D eigenvalue weighted by Crippen LogP contribution is -2.35. The Balaban J connectivity index is 1.55. The van der Waals surface area contributed by atoms with E-state index >= 15 is 0 Å². The summed E-state index contributed by atoms with van der Waals surface area (Å²) in [5.74, 6) is 1.53. The fraction of sp³-hybridized carbons (Fsp3) is 0.474. The van der Waals surface area contributed by atoms with Gasteiger partial charge in [0.1, 0.15) is 5.75 Å². The van der Waals surface area contributed by atoms with Gasteiger partial charge in [-0.05, 0) is 49.4 Å². The number of likely N-dealkylation sites (tertiary alicyclic amines) is 1. The van der Waals surface area contributed by atoms with Crippen molar-refractivity contribution in [3.05, 3.63) is 40.9 Å². The minimum Gasteiger partial charge on any atom is -0.497 e. The highest BCUT2D eigenvalue weighted by atomic mass is 32.1. The van der Waals surface area contributed by atoms with E-state index in [0.717, 1.165) is 31.8 Å². The van der Waals surface area contributed by atoms with Crippen LogP contribution in [-0.4, -0.2) is 36.0 Å². The number of amides is 1. The number of nitrogens with one attached hydrogen (secondary N) is 1. The molecule has 1 atom stereocenters. The molecular formula is C19H25N3O2S. The van der Waals surface area contributed by atoms with E-state index in [4.69, 9.17) is 4.74 Å². The van der Waals surface area contributed by atoms with Gasteiger partial charge in [-0.2, -0.15) is 0 Å². The third-order valence-corrected chi connectivity index (χ3v) is 5.38. The lowest BCUT2D eigenvalue weighted by molar-refractivity contribution is -0.114. The van der Waals surface area contributed by atoms with E-state index in [0.29, 0.717) is 11.0 Å². The van der Waals surface area contributed by atoms with Gasteiger partial charge in [-0.3, -0.25) is 9.69 Å². The fourth-order valence-electron chi connectivity index (χ4n) is 3.40. The van der Waals surface area contributed by atoms with Gasteiger partial charge in [0, 0.05) is 31.1 Å². The second-order valence-electron chi connectivity index (χ2n) is 6.61. The van der Waals surface area contributed by atoms with E-state index in [1.807, 2.05) is 12.3 Å². The van der Waals surface area contributed by atoms with Crippen LogP contribution in [0.4, 0.5) is 5.13 Å². The van der Waals surface area contributed by atoms with Gasteiger partial charge in [0.05, 0.1) is 7.11 Å². The van der Waals surface area contributed by atoms with Crippen LogP contribution in [0.3, 0.4) is 0 Å². The van der Waals surface area contributed by atoms with Gasteiger partial charge < -0.3 is 10.1 Å². The molecule has 1 amide bonds. The molecule has 1 N–H and O–H groups in total. The fourth-order valence-corrected chi connectivity index (χ4v) is 4.30. The molecule has 134 valence electrons. The van der Waals surface area contributed by atoms with Crippen LogP contribution in [0.1, 0.15) is 30.2 Å². The third-order valence-electron chi connectivity index (χ3n) is 4.48. The molecule has 2 heterocycles. The van der Waals surface area contributed by atoms with Crippen LogP contribution in [-0.2, 0) is 17.8 Å². The highest BCUT2D eigenvalue weighted by Crippen LogP contribution is 2.26. The van der Waals surface area contributed by atoms with Gasteiger partial charge in [-0.25, -0.2) is 4.98 Å². The number of nitrogens with zero attached hydrogens (tertiary/aromatic N) is 2. The lowest BCUT2D eigenvalue weighted by Gasteiger charge is -2.32. The van der Waals surface area contributed by atoms with E-state index in [1.165, 1.54) is 30.2 Å². The maximum Gasteiger partial charge on any atom is 0.223 e. The molecule has 1 aromatic heterocycles. The van der Waals surface area contributed by atoms with Crippen molar-refractivity contribution in [2.24, 2.45) is 5.92 Å². The molecule has 6 heteroatoms. The summed E-state index contributed by atoms with van der Waals surface area (Å²) in [4.78, 5) is 19.1. The molecule has 1 aromatic carbocycles. The zero-order valence-corrected chi connectivity index (χ0v) is 15.6. The summed E-state index contributed by atoms with van der Waals surface area (Å²) >= 11 is 1.56. The predicted octanol–water partition coefficient (Wildman–Crippen LogP) is 3.56. The molecule has 1 aliphatic heterocycles. The van der Waals surface area contributed by atoms with E-state index in [-0.39, 0.29) is 5.91 Å². The molecule has 5 nitrogen and oxygen atoms in total. The molecule has 1 aliphatic rings. The Morgan fingerprint density at radius 2 is 2.36 bits per heavy atom. The first-order valence-electron chi connectivity index (χ1n) is 8.70. The van der Waals surface area contributed by atoms with Crippen LogP contribution in [0, 0.1) is 5.92 Å². The van der Waals surface area contributed by atoms with Gasteiger partial charge in [0.15, 0.2) is 5.13 Å². The number of methoxy groups -OCH3 is 1. The van der Waals surface area contributed by atoms with Crippen molar-refractivity contribution in [1.29, 1.82) is 0 Å². The first-order chi connectivity index (χ1) is 12.1. The van der Waals surface area contributed by atoms with Gasteiger partial charge in [-0.15, -0.1) is 11.3 Å². The van der Waals surface area contributed by atoms with Crippen molar-refractivity contribution in [3.63, 3.8) is 0 Å². The summed E-state index contributed by atoms with van der Waals surface area (Å²) in [6.45, 7) is 4.65. The molecule has 2 aromatic rings. The number of thiazole rings is 1. The Morgan fingerprint density at radius 1 is 1.48 bits per heavy atom. The van der Waals surface area contributed by atoms with Crippen molar-refractivity contribution in [2.45, 2.75) is 32.7 Å². The number of hydrogen-bond acceptors (Lipinski definition) is 5. The highest BCUT2D eigenvalue weighted by molar-refractivity contribution is 7.15. The van der Waals surface area contributed by atoms with Crippen LogP contribution < -0.4 is 10.1 Å². The first kappa shape index (κ1) is 17.9. The molecule has 0 saturated carbocycles. The van der Waals surface area contributed by atoms with Gasteiger partial charge in [-0.1, -0.05) is 12.1 Å². The van der Waals surface area contributed by atoms with Crippen LogP contribution in [0.5, 0.6) is 5.75 Å². The predicted molar refractivity (Wildman–Crippen MR) is 101 cm³/mol. The Hall–Kier alpha value is -1.92. The largest absolute Gasteiger partial charge is 0.497 e. The smallest absolute Gasteiger partial charge is 0.223 e. The van der Waals surface area contributed by atoms with E-state index < -0.39 is 0 Å². The van der Waals surface area contributed by atoms with Gasteiger partial charge in [0.25, 0.3) is 0 Å². The maximum absolute atomic E-state index is 11.1. The number of benzene rings is 1. The third kappa shape index (κ3) is 5.28. The summed E-state index contributed by atoms with van der Waals surface area (Å²) in [7, 11) is 1.71. The second kappa shape index (κ2) is 8.45. The number of carbonyl (C=O) groups is 1. The topological polar surface area (TPSA) is 54.5 Å². The van der Waals surface area contributed by atoms with E-state index in [1.54, 1.807) is 18.4 Å². The normalized spacial score (nSPS) is 18.1. The minimum absolute atomic E-state index is 0.0720. The van der Waals surface area contributed by atoms with Crippen molar-refractivity contribution >= 4 is 22.4 Å². The molecule has 25 heavy (non-hydrogen) atoms. The average Bonchev–Trinajstić information content (AvgIpc) is 3.01. The van der Waals surface area contributed by atoms with Crippen molar-refractivity contribution in [1.82, 2.24) is 9.88 Å². The molecule has 0 aliphatic carbocycles. The summed E-state index contributed by atoms with van der Waals surface area (Å²) in [6.07, 6.45) is 5.47. The van der Waals surface area contributed by atoms with Crippen molar-refractivity contribution < 1.29 is 9.53 Å². The zero-order valence-electron chi connectivity index (χ0n) is 14.8. The summed E-state index contributed by atoms with van der Waals surface area (Å²) < 4.78 is 5.33.